The Bertz CT molecular complexity index is 868. The summed E-state index contributed by atoms with van der Waals surface area (Å²) < 4.78 is 0. The minimum atomic E-state index is -0.159. The zero-order valence-corrected chi connectivity index (χ0v) is 15.8. The molecule has 2 aliphatic heterocycles. The highest BCUT2D eigenvalue weighted by Crippen LogP contribution is 2.23. The van der Waals surface area contributed by atoms with Crippen molar-refractivity contribution in [2.75, 3.05) is 26.7 Å². The number of rotatable bonds is 6. The van der Waals surface area contributed by atoms with Crippen molar-refractivity contribution in [3.05, 3.63) is 47.4 Å². The van der Waals surface area contributed by atoms with E-state index in [1.807, 2.05) is 52.1 Å². The van der Waals surface area contributed by atoms with Gasteiger partial charge in [-0.1, -0.05) is 30.3 Å². The van der Waals surface area contributed by atoms with Gasteiger partial charge in [-0.3, -0.25) is 9.59 Å². The van der Waals surface area contributed by atoms with Crippen molar-refractivity contribution in [3.63, 3.8) is 0 Å². The van der Waals surface area contributed by atoms with E-state index in [9.17, 15) is 14.9 Å². The fourth-order valence-corrected chi connectivity index (χ4v) is 3.19. The Morgan fingerprint density at radius 3 is 2.21 bits per heavy atom. The molecule has 0 saturated heterocycles. The highest BCUT2D eigenvalue weighted by molar-refractivity contribution is 5.88. The smallest absolute Gasteiger partial charge is 0.248 e. The summed E-state index contributed by atoms with van der Waals surface area (Å²) in [6.07, 6.45) is 4.30. The lowest BCUT2D eigenvalue weighted by atomic mass is 10.1. The standard InChI is InChI=1S/C20H22N6O2/c1-24(12-9-21)20(26-11-8-19(28)23-15-26)17(13-16-5-3-2-4-6-16)25-10-7-18(27)22-14-25/h2-6,14-15H,7-8,10-13H2,1H3/b20-17+. The molecule has 8 heteroatoms. The second-order valence-corrected chi connectivity index (χ2v) is 6.61. The number of hydrogen-bond acceptors (Lipinski definition) is 6. The Balaban J connectivity index is 2.08. The maximum Gasteiger partial charge on any atom is 0.248 e. The molecule has 0 bridgehead atoms. The van der Waals surface area contributed by atoms with Crippen molar-refractivity contribution >= 4 is 24.5 Å². The first-order valence-corrected chi connectivity index (χ1v) is 9.11. The molecule has 28 heavy (non-hydrogen) atoms. The van der Waals surface area contributed by atoms with Crippen molar-refractivity contribution in [3.8, 4) is 6.07 Å². The SMILES string of the molecule is CN(CC#N)/C(=C(/Cc1ccccc1)N1C=NC(=O)CC1)N1C=NC(=O)CC1. The highest BCUT2D eigenvalue weighted by atomic mass is 16.2. The van der Waals surface area contributed by atoms with Crippen LogP contribution in [0.4, 0.5) is 0 Å². The number of carbonyl (C=O) groups is 2. The van der Waals surface area contributed by atoms with Gasteiger partial charge in [-0.15, -0.1) is 0 Å². The van der Waals surface area contributed by atoms with E-state index in [0.29, 0.717) is 32.4 Å². The van der Waals surface area contributed by atoms with Crippen LogP contribution in [0.2, 0.25) is 0 Å². The molecule has 1 aromatic carbocycles. The van der Waals surface area contributed by atoms with Crippen LogP contribution < -0.4 is 0 Å². The molecule has 0 saturated carbocycles. The second kappa shape index (κ2) is 8.95. The number of aliphatic imine (C=N–C) groups is 2. The minimum Gasteiger partial charge on any atom is -0.346 e. The number of nitrogens with zero attached hydrogens (tertiary/aromatic N) is 6. The van der Waals surface area contributed by atoms with Gasteiger partial charge >= 0.3 is 0 Å². The van der Waals surface area contributed by atoms with Gasteiger partial charge in [0, 0.05) is 39.4 Å². The largest absolute Gasteiger partial charge is 0.346 e. The second-order valence-electron chi connectivity index (χ2n) is 6.61. The first kappa shape index (κ1) is 19.3. The zero-order valence-electron chi connectivity index (χ0n) is 15.8. The van der Waals surface area contributed by atoms with Crippen LogP contribution in [0.25, 0.3) is 0 Å². The summed E-state index contributed by atoms with van der Waals surface area (Å²) in [6.45, 7) is 1.17. The van der Waals surface area contributed by atoms with E-state index in [-0.39, 0.29) is 18.4 Å². The summed E-state index contributed by atoms with van der Waals surface area (Å²) in [5, 5.41) is 9.24. The third-order valence-corrected chi connectivity index (χ3v) is 4.58. The molecule has 8 nitrogen and oxygen atoms in total. The molecule has 0 spiro atoms. The molecule has 3 rings (SSSR count). The average Bonchev–Trinajstić information content (AvgIpc) is 2.70. The third-order valence-electron chi connectivity index (χ3n) is 4.58. The molecule has 0 atom stereocenters. The Morgan fingerprint density at radius 2 is 1.68 bits per heavy atom. The molecule has 0 radical (unpaired) electrons. The van der Waals surface area contributed by atoms with Gasteiger partial charge in [-0.2, -0.15) is 5.26 Å². The number of hydrogen-bond donors (Lipinski definition) is 0. The van der Waals surface area contributed by atoms with Crippen LogP contribution in [0.3, 0.4) is 0 Å². The zero-order chi connectivity index (χ0) is 19.9. The van der Waals surface area contributed by atoms with Crippen molar-refractivity contribution in [1.82, 2.24) is 14.7 Å². The van der Waals surface area contributed by atoms with Crippen LogP contribution >= 0.6 is 0 Å². The fourth-order valence-electron chi connectivity index (χ4n) is 3.19. The Hall–Kier alpha value is -3.47. The summed E-state index contributed by atoms with van der Waals surface area (Å²) >= 11 is 0. The van der Waals surface area contributed by atoms with E-state index in [2.05, 4.69) is 16.1 Å². The lowest BCUT2D eigenvalue weighted by Gasteiger charge is -2.36. The van der Waals surface area contributed by atoms with E-state index in [0.717, 1.165) is 17.1 Å². The maximum absolute atomic E-state index is 11.6. The van der Waals surface area contributed by atoms with Gasteiger partial charge in [0.2, 0.25) is 11.8 Å². The minimum absolute atomic E-state index is 0.146. The van der Waals surface area contributed by atoms with E-state index >= 15 is 0 Å². The van der Waals surface area contributed by atoms with Crippen LogP contribution in [0.5, 0.6) is 0 Å². The quantitative estimate of drug-likeness (QED) is 0.695. The van der Waals surface area contributed by atoms with Crippen molar-refractivity contribution in [2.24, 2.45) is 9.98 Å². The summed E-state index contributed by atoms with van der Waals surface area (Å²) in [6, 6.07) is 12.1. The van der Waals surface area contributed by atoms with Gasteiger partial charge in [0.25, 0.3) is 0 Å². The fraction of sp³-hybridized carbons (Fsp3) is 0.350. The number of amides is 2. The maximum atomic E-state index is 11.6. The molecule has 0 aliphatic carbocycles. The number of benzene rings is 1. The van der Waals surface area contributed by atoms with E-state index in [1.165, 1.54) is 6.34 Å². The van der Waals surface area contributed by atoms with Gasteiger partial charge < -0.3 is 14.7 Å². The van der Waals surface area contributed by atoms with Gasteiger partial charge in [-0.05, 0) is 5.56 Å². The lowest BCUT2D eigenvalue weighted by molar-refractivity contribution is -0.119. The summed E-state index contributed by atoms with van der Waals surface area (Å²) in [5.41, 5.74) is 2.00. The first-order valence-electron chi connectivity index (χ1n) is 9.11. The number of carbonyl (C=O) groups excluding carboxylic acids is 2. The van der Waals surface area contributed by atoms with Crippen LogP contribution in [-0.4, -0.2) is 65.9 Å². The molecule has 2 amide bonds. The Labute approximate surface area is 164 Å². The molecule has 1 aromatic rings. The highest BCUT2D eigenvalue weighted by Gasteiger charge is 2.26. The lowest BCUT2D eigenvalue weighted by Crippen LogP contribution is -2.41. The van der Waals surface area contributed by atoms with Crippen molar-refractivity contribution in [1.29, 1.82) is 5.26 Å². The van der Waals surface area contributed by atoms with E-state index in [1.54, 1.807) is 6.34 Å². The molecule has 0 N–H and O–H groups in total. The monoisotopic (exact) mass is 378 g/mol. The summed E-state index contributed by atoms with van der Waals surface area (Å²) in [7, 11) is 1.83. The van der Waals surface area contributed by atoms with Crippen LogP contribution in [0.1, 0.15) is 18.4 Å². The average molecular weight is 378 g/mol. The van der Waals surface area contributed by atoms with Gasteiger partial charge in [0.05, 0.1) is 18.1 Å². The van der Waals surface area contributed by atoms with E-state index in [4.69, 9.17) is 0 Å². The molecule has 0 aromatic heterocycles. The van der Waals surface area contributed by atoms with Gasteiger partial charge in [-0.25, -0.2) is 9.98 Å². The van der Waals surface area contributed by atoms with Crippen LogP contribution in [-0.2, 0) is 16.0 Å². The predicted molar refractivity (Wildman–Crippen MR) is 105 cm³/mol. The Kier molecular flexibility index (Phi) is 6.17. The topological polar surface area (TPSA) is 92.4 Å². The van der Waals surface area contributed by atoms with E-state index < -0.39 is 0 Å². The van der Waals surface area contributed by atoms with Gasteiger partial charge in [0.1, 0.15) is 18.7 Å². The summed E-state index contributed by atoms with van der Waals surface area (Å²) in [5.74, 6) is 0.475. The van der Waals surface area contributed by atoms with Crippen LogP contribution in [0, 0.1) is 11.3 Å². The molecule has 2 heterocycles. The first-order chi connectivity index (χ1) is 13.6. The Morgan fingerprint density at radius 1 is 1.07 bits per heavy atom. The normalized spacial score (nSPS) is 17.4. The molecular formula is C20H22N6O2. The summed E-state index contributed by atoms with van der Waals surface area (Å²) in [4.78, 5) is 36.7. The molecular weight excluding hydrogens is 356 g/mol. The van der Waals surface area contributed by atoms with Crippen molar-refractivity contribution < 1.29 is 9.59 Å². The number of allylic oxidation sites excluding steroid dienone is 1. The van der Waals surface area contributed by atoms with Gasteiger partial charge in [0.15, 0.2) is 0 Å². The molecule has 2 aliphatic rings. The van der Waals surface area contributed by atoms with Crippen molar-refractivity contribution in [2.45, 2.75) is 19.3 Å². The molecule has 0 fully saturated rings. The molecule has 144 valence electrons. The number of nitriles is 1. The third kappa shape index (κ3) is 4.62. The predicted octanol–water partition coefficient (Wildman–Crippen LogP) is 1.37. The molecule has 0 unspecified atom stereocenters. The van der Waals surface area contributed by atoms with Crippen LogP contribution in [0.15, 0.2) is 51.8 Å².